The molecule has 3 aromatic rings. The number of benzene rings is 3. The molecule has 29 heavy (non-hydrogen) atoms. The first-order valence-electron chi connectivity index (χ1n) is 9.77. The molecule has 0 aliphatic rings. The summed E-state index contributed by atoms with van der Waals surface area (Å²) in [5.41, 5.74) is 3.02. The largest absolute Gasteiger partial charge is 0.338 e. The van der Waals surface area contributed by atoms with Gasteiger partial charge in [0.05, 0.1) is 0 Å². The number of hydrogen-bond acceptors (Lipinski definition) is 2. The fourth-order valence-electron chi connectivity index (χ4n) is 3.33. The Morgan fingerprint density at radius 1 is 0.759 bits per heavy atom. The highest BCUT2D eigenvalue weighted by Crippen LogP contribution is 2.20. The molecule has 5 nitrogen and oxygen atoms in total. The third-order valence-electron chi connectivity index (χ3n) is 4.72. The minimum atomic E-state index is -0.579. The van der Waals surface area contributed by atoms with Crippen LogP contribution >= 0.6 is 0 Å². The van der Waals surface area contributed by atoms with Gasteiger partial charge in [-0.05, 0) is 6.92 Å². The number of carbonyl (C=O) groups excluding carboxylic acids is 2. The first-order chi connectivity index (χ1) is 14.2. The zero-order valence-corrected chi connectivity index (χ0v) is 16.4. The number of hydrogen-bond donors (Lipinski definition) is 3. The molecule has 4 N–H and O–H groups in total. The first kappa shape index (κ1) is 20.3. The van der Waals surface area contributed by atoms with Gasteiger partial charge < -0.3 is 10.6 Å². The van der Waals surface area contributed by atoms with Crippen LogP contribution in [0.25, 0.3) is 0 Å². The number of amides is 3. The van der Waals surface area contributed by atoms with Gasteiger partial charge in [0, 0.05) is 23.2 Å². The molecule has 0 fully saturated rings. The second-order valence-corrected chi connectivity index (χ2v) is 6.73. The second-order valence-electron chi connectivity index (χ2n) is 6.73. The Labute approximate surface area is 171 Å². The molecule has 0 aromatic heterocycles. The maximum atomic E-state index is 13.0. The lowest BCUT2D eigenvalue weighted by Crippen LogP contribution is -2.88. The zero-order chi connectivity index (χ0) is 20.5. The predicted molar refractivity (Wildman–Crippen MR) is 113 cm³/mol. The van der Waals surface area contributed by atoms with Gasteiger partial charge in [-0.15, -0.1) is 0 Å². The molecule has 0 spiro atoms. The Morgan fingerprint density at radius 3 is 1.66 bits per heavy atom. The van der Waals surface area contributed by atoms with E-state index in [9.17, 15) is 9.59 Å². The van der Waals surface area contributed by atoms with Crippen molar-refractivity contribution in [2.75, 3.05) is 6.54 Å². The summed E-state index contributed by atoms with van der Waals surface area (Å²) in [6.45, 7) is 2.27. The van der Waals surface area contributed by atoms with Gasteiger partial charge in [-0.1, -0.05) is 91.0 Å². The molecular formula is C24H26N3O2+. The van der Waals surface area contributed by atoms with Crippen LogP contribution in [-0.4, -0.2) is 18.5 Å². The summed E-state index contributed by atoms with van der Waals surface area (Å²) >= 11 is 0. The van der Waals surface area contributed by atoms with Gasteiger partial charge in [0.2, 0.25) is 0 Å². The van der Waals surface area contributed by atoms with E-state index in [1.165, 1.54) is 0 Å². The topological polar surface area (TPSA) is 74.8 Å². The number of imide groups is 1. The van der Waals surface area contributed by atoms with E-state index in [0.29, 0.717) is 6.54 Å². The third kappa shape index (κ3) is 5.53. The molecule has 0 aliphatic carbocycles. The summed E-state index contributed by atoms with van der Waals surface area (Å²) in [6, 6.07) is 28.5. The van der Waals surface area contributed by atoms with E-state index in [-0.39, 0.29) is 11.9 Å². The highest BCUT2D eigenvalue weighted by Gasteiger charge is 2.30. The molecule has 0 unspecified atom stereocenters. The summed E-state index contributed by atoms with van der Waals surface area (Å²) in [6.07, 6.45) is 0. The lowest BCUT2D eigenvalue weighted by molar-refractivity contribution is -0.713. The number of urea groups is 1. The Kier molecular flexibility index (Phi) is 7.14. The Morgan fingerprint density at radius 2 is 1.21 bits per heavy atom. The number of carbonyl (C=O) groups is 2. The van der Waals surface area contributed by atoms with Crippen LogP contribution in [0.5, 0.6) is 0 Å². The molecule has 0 saturated carbocycles. The predicted octanol–water partition coefficient (Wildman–Crippen LogP) is 2.93. The Balaban J connectivity index is 1.95. The van der Waals surface area contributed by atoms with Gasteiger partial charge in [0.1, 0.15) is 6.04 Å². The highest BCUT2D eigenvalue weighted by molar-refractivity contribution is 5.96. The van der Waals surface area contributed by atoms with Crippen LogP contribution in [0.3, 0.4) is 0 Å². The summed E-state index contributed by atoms with van der Waals surface area (Å²) in [4.78, 5) is 25.0. The molecule has 0 aliphatic heterocycles. The molecular weight excluding hydrogens is 362 g/mol. The fraction of sp³-hybridized carbons (Fsp3) is 0.167. The normalized spacial score (nSPS) is 11.7. The van der Waals surface area contributed by atoms with Gasteiger partial charge >= 0.3 is 6.03 Å². The van der Waals surface area contributed by atoms with Gasteiger partial charge in [0.15, 0.2) is 6.04 Å². The van der Waals surface area contributed by atoms with E-state index in [1.54, 1.807) is 0 Å². The Hall–Kier alpha value is -3.44. The van der Waals surface area contributed by atoms with Crippen LogP contribution in [0.2, 0.25) is 0 Å². The third-order valence-corrected chi connectivity index (χ3v) is 4.72. The molecule has 0 bridgehead atoms. The van der Waals surface area contributed by atoms with Crippen LogP contribution < -0.4 is 16.0 Å². The van der Waals surface area contributed by atoms with E-state index in [2.05, 4.69) is 34.9 Å². The van der Waals surface area contributed by atoms with E-state index in [0.717, 1.165) is 16.7 Å². The van der Waals surface area contributed by atoms with Crippen molar-refractivity contribution in [3.05, 3.63) is 108 Å². The summed E-state index contributed by atoms with van der Waals surface area (Å²) in [5, 5.41) is 7.09. The minimum Gasteiger partial charge on any atom is -0.338 e. The Bertz CT molecular complexity index is 875. The van der Waals surface area contributed by atoms with Crippen molar-refractivity contribution in [2.45, 2.75) is 19.0 Å². The van der Waals surface area contributed by atoms with Gasteiger partial charge in [-0.25, -0.2) is 4.79 Å². The second kappa shape index (κ2) is 10.2. The zero-order valence-electron chi connectivity index (χ0n) is 16.4. The first-order valence-corrected chi connectivity index (χ1v) is 9.77. The van der Waals surface area contributed by atoms with E-state index < -0.39 is 12.1 Å². The average Bonchev–Trinajstić information content (AvgIpc) is 2.76. The lowest BCUT2D eigenvalue weighted by Gasteiger charge is -2.23. The molecule has 148 valence electrons. The van der Waals surface area contributed by atoms with Crippen LogP contribution in [0.4, 0.5) is 4.79 Å². The van der Waals surface area contributed by atoms with E-state index >= 15 is 0 Å². The summed E-state index contributed by atoms with van der Waals surface area (Å²) < 4.78 is 0. The molecule has 0 saturated heterocycles. The quantitative estimate of drug-likeness (QED) is 0.582. The van der Waals surface area contributed by atoms with Crippen molar-refractivity contribution < 1.29 is 14.9 Å². The minimum absolute atomic E-state index is 0.0948. The van der Waals surface area contributed by atoms with Crippen molar-refractivity contribution in [3.8, 4) is 0 Å². The highest BCUT2D eigenvalue weighted by atomic mass is 16.2. The van der Waals surface area contributed by atoms with Crippen LogP contribution in [0.15, 0.2) is 91.0 Å². The van der Waals surface area contributed by atoms with Crippen molar-refractivity contribution in [1.29, 1.82) is 0 Å². The van der Waals surface area contributed by atoms with E-state index in [4.69, 9.17) is 0 Å². The standard InChI is InChI=1S/C24H25N3O2/c1-2-25-24(29)27-23(28)22(20-16-10-5-11-17-20)26-21(18-12-6-3-7-13-18)19-14-8-4-9-15-19/h3-17,21-22,26H,2H2,1H3,(H2,25,27,28,29)/p+1/t22-/m0/s1. The number of quaternary nitrogens is 1. The monoisotopic (exact) mass is 388 g/mol. The van der Waals surface area contributed by atoms with Gasteiger partial charge in [-0.3, -0.25) is 10.1 Å². The summed E-state index contributed by atoms with van der Waals surface area (Å²) in [7, 11) is 0. The maximum absolute atomic E-state index is 13.0. The van der Waals surface area contributed by atoms with Crippen molar-refractivity contribution in [3.63, 3.8) is 0 Å². The molecule has 5 heteroatoms. The maximum Gasteiger partial charge on any atom is 0.321 e. The summed E-state index contributed by atoms with van der Waals surface area (Å²) in [5.74, 6) is -0.348. The van der Waals surface area contributed by atoms with Crippen molar-refractivity contribution >= 4 is 11.9 Å². The number of rotatable bonds is 7. The average molecular weight is 388 g/mol. The van der Waals surface area contributed by atoms with Crippen LogP contribution in [0, 0.1) is 0 Å². The van der Waals surface area contributed by atoms with Crippen molar-refractivity contribution in [1.82, 2.24) is 10.6 Å². The molecule has 3 amide bonds. The smallest absolute Gasteiger partial charge is 0.321 e. The van der Waals surface area contributed by atoms with Crippen LogP contribution in [-0.2, 0) is 4.79 Å². The fourth-order valence-corrected chi connectivity index (χ4v) is 3.33. The van der Waals surface area contributed by atoms with Gasteiger partial charge in [-0.2, -0.15) is 0 Å². The van der Waals surface area contributed by atoms with Gasteiger partial charge in [0.25, 0.3) is 5.91 Å². The number of nitrogens with one attached hydrogen (secondary N) is 2. The molecule has 0 radical (unpaired) electrons. The lowest BCUT2D eigenvalue weighted by atomic mass is 9.96. The van der Waals surface area contributed by atoms with Crippen molar-refractivity contribution in [2.24, 2.45) is 0 Å². The van der Waals surface area contributed by atoms with Crippen LogP contribution in [0.1, 0.15) is 35.7 Å². The molecule has 0 heterocycles. The molecule has 3 aromatic carbocycles. The SMILES string of the molecule is CCNC(=O)NC(=O)[C@@H]([NH2+]C(c1ccccc1)c1ccccc1)c1ccccc1. The number of nitrogens with two attached hydrogens (primary N) is 1. The molecule has 3 rings (SSSR count). The van der Waals surface area contributed by atoms with E-state index in [1.807, 2.05) is 79.0 Å². The molecule has 1 atom stereocenters.